The molecule has 0 aromatic heterocycles. The summed E-state index contributed by atoms with van der Waals surface area (Å²) in [5.41, 5.74) is 0. The molecule has 2 nitrogen and oxygen atoms in total. The number of carbonyl (C=O) groups excluding carboxylic acids is 1. The molecule has 0 spiro atoms. The van der Waals surface area contributed by atoms with Gasteiger partial charge in [0, 0.05) is 19.0 Å². The van der Waals surface area contributed by atoms with E-state index in [-0.39, 0.29) is 0 Å². The van der Waals surface area contributed by atoms with Crippen LogP contribution in [-0.2, 0) is 4.79 Å². The summed E-state index contributed by atoms with van der Waals surface area (Å²) in [4.78, 5) is 13.9. The normalized spacial score (nSPS) is 29.3. The Morgan fingerprint density at radius 3 is 2.71 bits per heavy atom. The molecule has 0 radical (unpaired) electrons. The molecule has 2 fully saturated rings. The van der Waals surface area contributed by atoms with Gasteiger partial charge in [0.05, 0.1) is 0 Å². The van der Waals surface area contributed by atoms with Crippen LogP contribution in [0.25, 0.3) is 0 Å². The van der Waals surface area contributed by atoms with Crippen LogP contribution in [0.15, 0.2) is 0 Å². The zero-order valence-corrected chi connectivity index (χ0v) is 9.33. The minimum Gasteiger partial charge on any atom is -0.342 e. The monoisotopic (exact) mass is 195 g/mol. The van der Waals surface area contributed by atoms with Gasteiger partial charge in [-0.15, -0.1) is 0 Å². The first-order valence-electron chi connectivity index (χ1n) is 6.01. The molecule has 0 N–H and O–H groups in total. The van der Waals surface area contributed by atoms with E-state index in [4.69, 9.17) is 0 Å². The van der Waals surface area contributed by atoms with Crippen LogP contribution in [0.5, 0.6) is 0 Å². The zero-order chi connectivity index (χ0) is 10.1. The van der Waals surface area contributed by atoms with Gasteiger partial charge in [-0.1, -0.05) is 20.3 Å². The third-order valence-electron chi connectivity index (χ3n) is 3.91. The molecule has 0 aromatic carbocycles. The van der Waals surface area contributed by atoms with Crippen LogP contribution in [0.2, 0.25) is 0 Å². The molecule has 2 heteroatoms. The van der Waals surface area contributed by atoms with E-state index in [1.807, 2.05) is 0 Å². The van der Waals surface area contributed by atoms with E-state index >= 15 is 0 Å². The molecule has 2 atom stereocenters. The number of amides is 1. The van der Waals surface area contributed by atoms with E-state index in [1.54, 1.807) is 0 Å². The van der Waals surface area contributed by atoms with Gasteiger partial charge >= 0.3 is 0 Å². The second-order valence-electron chi connectivity index (χ2n) is 4.99. The van der Waals surface area contributed by atoms with Gasteiger partial charge in [-0.05, 0) is 31.1 Å². The van der Waals surface area contributed by atoms with Crippen LogP contribution in [0, 0.1) is 17.8 Å². The highest BCUT2D eigenvalue weighted by Gasteiger charge is 2.37. The minimum absolute atomic E-state index is 0.408. The lowest BCUT2D eigenvalue weighted by atomic mass is 9.91. The molecule has 1 aliphatic heterocycles. The van der Waals surface area contributed by atoms with Crippen molar-refractivity contribution in [2.24, 2.45) is 17.8 Å². The van der Waals surface area contributed by atoms with Gasteiger partial charge in [0.25, 0.3) is 0 Å². The number of nitrogens with zero attached hydrogens (tertiary/aromatic N) is 1. The Hall–Kier alpha value is -0.530. The second-order valence-corrected chi connectivity index (χ2v) is 4.99. The van der Waals surface area contributed by atoms with E-state index < -0.39 is 0 Å². The average Bonchev–Trinajstić information content (AvgIpc) is 2.93. The summed E-state index contributed by atoms with van der Waals surface area (Å²) in [7, 11) is 0. The van der Waals surface area contributed by atoms with Crippen molar-refractivity contribution in [2.45, 2.75) is 39.5 Å². The number of hydrogen-bond donors (Lipinski definition) is 0. The summed E-state index contributed by atoms with van der Waals surface area (Å²) in [6.07, 6.45) is 4.76. The molecule has 2 rings (SSSR count). The lowest BCUT2D eigenvalue weighted by molar-refractivity contribution is -0.131. The van der Waals surface area contributed by atoms with Crippen LogP contribution in [0.1, 0.15) is 39.5 Å². The summed E-state index contributed by atoms with van der Waals surface area (Å²) < 4.78 is 0. The standard InChI is InChI=1S/C12H21NO/c1-3-9(2)11-6-7-13(8-11)12(14)10-4-5-10/h9-11H,3-8H2,1-2H3. The topological polar surface area (TPSA) is 20.3 Å². The quantitative estimate of drug-likeness (QED) is 0.676. The summed E-state index contributed by atoms with van der Waals surface area (Å²) in [5, 5.41) is 0. The van der Waals surface area contributed by atoms with E-state index in [9.17, 15) is 4.79 Å². The van der Waals surface area contributed by atoms with Gasteiger partial charge in [-0.2, -0.15) is 0 Å². The van der Waals surface area contributed by atoms with Crippen molar-refractivity contribution in [2.75, 3.05) is 13.1 Å². The average molecular weight is 195 g/mol. The highest BCUT2D eigenvalue weighted by atomic mass is 16.2. The molecule has 1 amide bonds. The fourth-order valence-electron chi connectivity index (χ4n) is 2.37. The molecular weight excluding hydrogens is 174 g/mol. The number of likely N-dealkylation sites (tertiary alicyclic amines) is 1. The molecule has 1 saturated carbocycles. The summed E-state index contributed by atoms with van der Waals surface area (Å²) in [6, 6.07) is 0. The van der Waals surface area contributed by atoms with Crippen LogP contribution in [0.3, 0.4) is 0 Å². The molecule has 0 aromatic rings. The van der Waals surface area contributed by atoms with Crippen LogP contribution in [-0.4, -0.2) is 23.9 Å². The molecule has 1 heterocycles. The Labute approximate surface area is 86.7 Å². The Balaban J connectivity index is 1.84. The zero-order valence-electron chi connectivity index (χ0n) is 9.33. The predicted molar refractivity (Wildman–Crippen MR) is 56.9 cm³/mol. The van der Waals surface area contributed by atoms with Gasteiger partial charge in [-0.3, -0.25) is 4.79 Å². The third kappa shape index (κ3) is 1.94. The highest BCUT2D eigenvalue weighted by Crippen LogP contribution is 2.34. The van der Waals surface area contributed by atoms with Gasteiger partial charge < -0.3 is 4.90 Å². The largest absolute Gasteiger partial charge is 0.342 e. The molecule has 0 bridgehead atoms. The van der Waals surface area contributed by atoms with Crippen LogP contribution < -0.4 is 0 Å². The first-order chi connectivity index (χ1) is 6.72. The maximum Gasteiger partial charge on any atom is 0.225 e. The van der Waals surface area contributed by atoms with E-state index in [0.29, 0.717) is 11.8 Å². The van der Waals surface area contributed by atoms with Crippen LogP contribution >= 0.6 is 0 Å². The summed E-state index contributed by atoms with van der Waals surface area (Å²) in [5.74, 6) is 2.40. The maximum absolute atomic E-state index is 11.8. The predicted octanol–water partition coefficient (Wildman–Crippen LogP) is 2.29. The Morgan fingerprint density at radius 1 is 1.43 bits per heavy atom. The number of carbonyl (C=O) groups is 1. The molecular formula is C12H21NO. The van der Waals surface area contributed by atoms with Gasteiger partial charge in [0.1, 0.15) is 0 Å². The van der Waals surface area contributed by atoms with Crippen molar-refractivity contribution in [1.29, 1.82) is 0 Å². The van der Waals surface area contributed by atoms with Crippen LogP contribution in [0.4, 0.5) is 0 Å². The SMILES string of the molecule is CCC(C)C1CCN(C(=O)C2CC2)C1. The number of rotatable bonds is 3. The third-order valence-corrected chi connectivity index (χ3v) is 3.91. The molecule has 2 unspecified atom stereocenters. The highest BCUT2D eigenvalue weighted by molar-refractivity contribution is 5.81. The summed E-state index contributed by atoms with van der Waals surface area (Å²) in [6.45, 7) is 6.61. The fraction of sp³-hybridized carbons (Fsp3) is 0.917. The van der Waals surface area contributed by atoms with Crippen molar-refractivity contribution in [3.63, 3.8) is 0 Å². The Morgan fingerprint density at radius 2 is 2.14 bits per heavy atom. The molecule has 1 saturated heterocycles. The first kappa shape index (κ1) is 10.0. The lowest BCUT2D eigenvalue weighted by Crippen LogP contribution is -2.30. The second kappa shape index (κ2) is 3.92. The van der Waals surface area contributed by atoms with Crippen molar-refractivity contribution in [3.05, 3.63) is 0 Å². The smallest absolute Gasteiger partial charge is 0.225 e. The summed E-state index contributed by atoms with van der Waals surface area (Å²) >= 11 is 0. The van der Waals surface area contributed by atoms with E-state index in [0.717, 1.165) is 37.8 Å². The maximum atomic E-state index is 11.8. The van der Waals surface area contributed by atoms with E-state index in [2.05, 4.69) is 18.7 Å². The van der Waals surface area contributed by atoms with Gasteiger partial charge in [-0.25, -0.2) is 0 Å². The molecule has 2 aliphatic rings. The Bertz CT molecular complexity index is 222. The minimum atomic E-state index is 0.408. The van der Waals surface area contributed by atoms with Crippen molar-refractivity contribution < 1.29 is 4.79 Å². The Kier molecular flexibility index (Phi) is 2.80. The number of hydrogen-bond acceptors (Lipinski definition) is 1. The molecule has 14 heavy (non-hydrogen) atoms. The van der Waals surface area contributed by atoms with E-state index in [1.165, 1.54) is 12.8 Å². The molecule has 1 aliphatic carbocycles. The van der Waals surface area contributed by atoms with Crippen molar-refractivity contribution in [3.8, 4) is 0 Å². The van der Waals surface area contributed by atoms with Crippen molar-refractivity contribution in [1.82, 2.24) is 4.90 Å². The lowest BCUT2D eigenvalue weighted by Gasteiger charge is -2.19. The fourth-order valence-corrected chi connectivity index (χ4v) is 2.37. The molecule has 80 valence electrons. The van der Waals surface area contributed by atoms with Gasteiger partial charge in [0.15, 0.2) is 0 Å². The van der Waals surface area contributed by atoms with Gasteiger partial charge in [0.2, 0.25) is 5.91 Å². The first-order valence-corrected chi connectivity index (χ1v) is 6.01. The van der Waals surface area contributed by atoms with Crippen molar-refractivity contribution >= 4 is 5.91 Å².